The van der Waals surface area contributed by atoms with Gasteiger partial charge < -0.3 is 19.7 Å². The fraction of sp³-hybridized carbons (Fsp3) is 0.469. The molecule has 3 amide bonds. The van der Waals surface area contributed by atoms with Crippen LogP contribution in [0.1, 0.15) is 74.3 Å². The second-order valence-electron chi connectivity index (χ2n) is 13.1. The lowest BCUT2D eigenvalue weighted by atomic mass is 9.92. The van der Waals surface area contributed by atoms with Gasteiger partial charge in [0, 0.05) is 13.0 Å². The van der Waals surface area contributed by atoms with Gasteiger partial charge in [-0.2, -0.15) is 4.90 Å². The maximum Gasteiger partial charge on any atom is 0.424 e. The Kier molecular flexibility index (Phi) is 10.7. The monoisotopic (exact) mass is 585 g/mol. The maximum atomic E-state index is 16.7. The molecule has 42 heavy (non-hydrogen) atoms. The molecule has 10 heteroatoms. The first-order valence-electron chi connectivity index (χ1n) is 13.5. The number of hydrogen-bond acceptors (Lipinski definition) is 6. The van der Waals surface area contributed by atoms with Gasteiger partial charge in [0.2, 0.25) is 5.91 Å². The number of benzene rings is 2. The summed E-state index contributed by atoms with van der Waals surface area (Å²) in [7, 11) is 0. The molecule has 0 aliphatic rings. The molecule has 1 N–H and O–H groups in total. The van der Waals surface area contributed by atoms with E-state index in [1.165, 1.54) is 41.3 Å². The summed E-state index contributed by atoms with van der Waals surface area (Å²) >= 11 is 0. The Balaban J connectivity index is 2.80. The molecule has 2 aromatic carbocycles. The summed E-state index contributed by atoms with van der Waals surface area (Å²) in [6.07, 6.45) is 3.25. The van der Waals surface area contributed by atoms with E-state index < -0.39 is 52.0 Å². The van der Waals surface area contributed by atoms with E-state index in [1.807, 2.05) is 20.8 Å². The van der Waals surface area contributed by atoms with Crippen molar-refractivity contribution in [2.45, 2.75) is 86.5 Å². The number of hydrogen-bond donors (Lipinski definition) is 1. The average Bonchev–Trinajstić information content (AvgIpc) is 2.79. The third-order valence-corrected chi connectivity index (χ3v) is 5.35. The highest BCUT2D eigenvalue weighted by molar-refractivity contribution is 6.13. The molecule has 0 saturated carbocycles. The quantitative estimate of drug-likeness (QED) is 0.336. The Bertz CT molecular complexity index is 1300. The molecule has 0 radical (unpaired) electrons. The lowest BCUT2D eigenvalue weighted by Crippen LogP contribution is -2.44. The van der Waals surface area contributed by atoms with Gasteiger partial charge in [-0.3, -0.25) is 4.79 Å². The molecular formula is C32H41F2N3O5. The van der Waals surface area contributed by atoms with Crippen LogP contribution in [0, 0.1) is 29.4 Å². The zero-order chi connectivity index (χ0) is 32.0. The molecule has 0 spiro atoms. The Hall–Kier alpha value is -4.13. The van der Waals surface area contributed by atoms with Gasteiger partial charge in [-0.15, -0.1) is 6.42 Å². The van der Waals surface area contributed by atoms with Crippen LogP contribution in [0.5, 0.6) is 0 Å². The summed E-state index contributed by atoms with van der Waals surface area (Å²) in [6.45, 7) is 15.1. The first kappa shape index (κ1) is 34.1. The predicted octanol–water partition coefficient (Wildman–Crippen LogP) is 7.66. The average molecular weight is 586 g/mol. The number of imide groups is 1. The van der Waals surface area contributed by atoms with Gasteiger partial charge in [0.05, 0.1) is 17.9 Å². The number of nitrogens with zero attached hydrogens (tertiary/aromatic N) is 2. The maximum absolute atomic E-state index is 16.7. The largest absolute Gasteiger partial charge is 0.443 e. The summed E-state index contributed by atoms with van der Waals surface area (Å²) in [5.41, 5.74) is -2.68. The van der Waals surface area contributed by atoms with Crippen molar-refractivity contribution in [3.8, 4) is 12.3 Å². The van der Waals surface area contributed by atoms with E-state index >= 15 is 4.39 Å². The van der Waals surface area contributed by atoms with E-state index in [0.29, 0.717) is 10.5 Å². The van der Waals surface area contributed by atoms with Crippen LogP contribution in [0.2, 0.25) is 0 Å². The highest BCUT2D eigenvalue weighted by Gasteiger charge is 2.37. The molecule has 8 nitrogen and oxygen atoms in total. The minimum Gasteiger partial charge on any atom is -0.443 e. The number of ether oxygens (including phenoxy) is 2. The summed E-state index contributed by atoms with van der Waals surface area (Å²) < 4.78 is 41.2. The van der Waals surface area contributed by atoms with E-state index in [0.717, 1.165) is 0 Å². The molecule has 228 valence electrons. The van der Waals surface area contributed by atoms with Crippen LogP contribution in [0.15, 0.2) is 36.4 Å². The van der Waals surface area contributed by atoms with Crippen LogP contribution in [-0.4, -0.2) is 35.8 Å². The van der Waals surface area contributed by atoms with Crippen LogP contribution in [-0.2, 0) is 20.8 Å². The number of amides is 3. The minimum absolute atomic E-state index is 0.0671. The highest BCUT2D eigenvalue weighted by atomic mass is 19.1. The molecule has 2 aromatic rings. The molecular weight excluding hydrogens is 544 g/mol. The lowest BCUT2D eigenvalue weighted by molar-refractivity contribution is -0.117. The summed E-state index contributed by atoms with van der Waals surface area (Å²) in [4.78, 5) is 41.8. The summed E-state index contributed by atoms with van der Waals surface area (Å²) in [6, 6.07) is 8.37. The van der Waals surface area contributed by atoms with Crippen molar-refractivity contribution in [1.29, 1.82) is 0 Å². The van der Waals surface area contributed by atoms with Crippen molar-refractivity contribution < 1.29 is 32.6 Å². The van der Waals surface area contributed by atoms with E-state index in [1.54, 1.807) is 41.5 Å². The topological polar surface area (TPSA) is 88.2 Å². The minimum atomic E-state index is -1.21. The van der Waals surface area contributed by atoms with Gasteiger partial charge in [-0.25, -0.2) is 18.4 Å². The number of halogens is 2. The van der Waals surface area contributed by atoms with Gasteiger partial charge in [-0.1, -0.05) is 38.8 Å². The normalized spacial score (nSPS) is 11.8. The fourth-order valence-electron chi connectivity index (χ4n) is 3.81. The van der Waals surface area contributed by atoms with Gasteiger partial charge in [0.1, 0.15) is 22.7 Å². The number of anilines is 3. The van der Waals surface area contributed by atoms with Crippen LogP contribution in [0.3, 0.4) is 0 Å². The van der Waals surface area contributed by atoms with Crippen LogP contribution >= 0.6 is 0 Å². The standard InChI is InChI=1S/C32H41F2N3O5/c1-11-18-36(20-21-12-14-22(33)15-13-21)24-17-16-23(35-25(38)19-30(2,3)4)27(26(24)34)37(28(39)41-31(5,6)7)29(40)42-32(8,9)10/h1,12-17H,18-20H2,2-10H3,(H,35,38). The van der Waals surface area contributed by atoms with Crippen molar-refractivity contribution in [2.75, 3.05) is 21.7 Å². The zero-order valence-electron chi connectivity index (χ0n) is 25.9. The number of carbonyl (C=O) groups excluding carboxylic acids is 3. The second kappa shape index (κ2) is 13.2. The first-order valence-corrected chi connectivity index (χ1v) is 13.5. The van der Waals surface area contributed by atoms with Crippen molar-refractivity contribution in [3.63, 3.8) is 0 Å². The molecule has 0 aliphatic carbocycles. The molecule has 0 saturated heterocycles. The van der Waals surface area contributed by atoms with Gasteiger partial charge in [0.25, 0.3) is 0 Å². The Labute approximate surface area is 247 Å². The Morgan fingerprint density at radius 2 is 1.38 bits per heavy atom. The molecule has 0 atom stereocenters. The molecule has 0 bridgehead atoms. The Morgan fingerprint density at radius 1 is 0.857 bits per heavy atom. The molecule has 0 fully saturated rings. The third-order valence-electron chi connectivity index (χ3n) is 5.35. The highest BCUT2D eigenvalue weighted by Crippen LogP contribution is 2.38. The van der Waals surface area contributed by atoms with Gasteiger partial charge in [0.15, 0.2) is 5.82 Å². The molecule has 2 rings (SSSR count). The van der Waals surface area contributed by atoms with E-state index in [2.05, 4.69) is 11.2 Å². The summed E-state index contributed by atoms with van der Waals surface area (Å²) in [5, 5.41) is 2.64. The lowest BCUT2D eigenvalue weighted by Gasteiger charge is -2.31. The van der Waals surface area contributed by atoms with Crippen LogP contribution < -0.4 is 15.1 Å². The van der Waals surface area contributed by atoms with E-state index in [-0.39, 0.29) is 30.9 Å². The van der Waals surface area contributed by atoms with Crippen molar-refractivity contribution in [2.24, 2.45) is 5.41 Å². The SMILES string of the molecule is C#CCN(Cc1ccc(F)cc1)c1ccc(NC(=O)CC(C)(C)C)c(N(C(=O)OC(C)(C)C)C(=O)OC(C)(C)C)c1F. The smallest absolute Gasteiger partial charge is 0.424 e. The number of rotatable bonds is 7. The van der Waals surface area contributed by atoms with Gasteiger partial charge in [-0.05, 0) is 76.8 Å². The number of carbonyl (C=O) groups is 3. The van der Waals surface area contributed by atoms with Gasteiger partial charge >= 0.3 is 12.2 Å². The first-order chi connectivity index (χ1) is 19.2. The third kappa shape index (κ3) is 10.4. The van der Waals surface area contributed by atoms with Crippen LogP contribution in [0.4, 0.5) is 35.4 Å². The van der Waals surface area contributed by atoms with E-state index in [4.69, 9.17) is 15.9 Å². The zero-order valence-corrected chi connectivity index (χ0v) is 25.9. The van der Waals surface area contributed by atoms with Crippen LogP contribution in [0.25, 0.3) is 0 Å². The Morgan fingerprint density at radius 3 is 1.83 bits per heavy atom. The molecule has 0 unspecified atom stereocenters. The van der Waals surface area contributed by atoms with Crippen molar-refractivity contribution in [1.82, 2.24) is 0 Å². The van der Waals surface area contributed by atoms with Crippen molar-refractivity contribution in [3.05, 3.63) is 53.6 Å². The fourth-order valence-corrected chi connectivity index (χ4v) is 3.81. The number of nitrogens with one attached hydrogen (secondary N) is 1. The molecule has 0 heterocycles. The van der Waals surface area contributed by atoms with E-state index in [9.17, 15) is 18.8 Å². The molecule has 0 aliphatic heterocycles. The van der Waals surface area contributed by atoms with Crippen molar-refractivity contribution >= 4 is 35.2 Å². The number of terminal acetylenes is 1. The summed E-state index contributed by atoms with van der Waals surface area (Å²) in [5.74, 6) is 0.547. The predicted molar refractivity (Wildman–Crippen MR) is 160 cm³/mol. The second-order valence-corrected chi connectivity index (χ2v) is 13.1. The molecule has 0 aromatic heterocycles.